The molecule has 0 amide bonds. The summed E-state index contributed by atoms with van der Waals surface area (Å²) in [5.41, 5.74) is 3.30. The number of benzene rings is 3. The number of aromatic nitrogens is 1. The Balaban J connectivity index is 1.77. The van der Waals surface area contributed by atoms with Gasteiger partial charge in [0.05, 0.1) is 12.8 Å². The molecule has 27 heavy (non-hydrogen) atoms. The number of ketones is 1. The van der Waals surface area contributed by atoms with Crippen molar-refractivity contribution in [2.75, 3.05) is 12.4 Å². The van der Waals surface area contributed by atoms with Crippen molar-refractivity contribution in [3.05, 3.63) is 96.2 Å². The number of hydrogen-bond donors (Lipinski definition) is 2. The average molecular weight is 356 g/mol. The first-order valence-electron chi connectivity index (χ1n) is 8.83. The van der Waals surface area contributed by atoms with Gasteiger partial charge >= 0.3 is 0 Å². The quantitative estimate of drug-likeness (QED) is 0.466. The predicted molar refractivity (Wildman–Crippen MR) is 108 cm³/mol. The van der Waals surface area contributed by atoms with E-state index in [0.29, 0.717) is 11.3 Å². The van der Waals surface area contributed by atoms with Crippen LogP contribution in [0.2, 0.25) is 0 Å². The number of methoxy groups -OCH3 is 1. The van der Waals surface area contributed by atoms with Gasteiger partial charge in [0.25, 0.3) is 0 Å². The summed E-state index contributed by atoms with van der Waals surface area (Å²) in [6.45, 7) is 0. The summed E-state index contributed by atoms with van der Waals surface area (Å²) in [5, 5.41) is 4.30. The Morgan fingerprint density at radius 2 is 1.63 bits per heavy atom. The molecule has 0 saturated heterocycles. The van der Waals surface area contributed by atoms with E-state index >= 15 is 0 Å². The highest BCUT2D eigenvalue weighted by atomic mass is 16.5. The van der Waals surface area contributed by atoms with Gasteiger partial charge in [-0.15, -0.1) is 0 Å². The summed E-state index contributed by atoms with van der Waals surface area (Å²) in [4.78, 5) is 16.7. The van der Waals surface area contributed by atoms with E-state index in [1.165, 1.54) is 0 Å². The van der Waals surface area contributed by atoms with Crippen molar-refractivity contribution in [1.29, 1.82) is 0 Å². The van der Waals surface area contributed by atoms with Crippen LogP contribution in [-0.4, -0.2) is 17.9 Å². The van der Waals surface area contributed by atoms with Gasteiger partial charge in [-0.3, -0.25) is 4.79 Å². The van der Waals surface area contributed by atoms with E-state index in [-0.39, 0.29) is 5.78 Å². The van der Waals surface area contributed by atoms with E-state index in [1.54, 1.807) is 13.3 Å². The number of anilines is 1. The van der Waals surface area contributed by atoms with Crippen LogP contribution in [0.3, 0.4) is 0 Å². The van der Waals surface area contributed by atoms with Crippen LogP contribution < -0.4 is 10.1 Å². The van der Waals surface area contributed by atoms with E-state index in [2.05, 4.69) is 10.3 Å². The van der Waals surface area contributed by atoms with Crippen molar-refractivity contribution in [1.82, 2.24) is 4.98 Å². The van der Waals surface area contributed by atoms with Crippen LogP contribution in [0.4, 0.5) is 5.69 Å². The minimum absolute atomic E-state index is 0.00422. The number of ether oxygens (including phenoxy) is 1. The van der Waals surface area contributed by atoms with Gasteiger partial charge < -0.3 is 15.0 Å². The Kier molecular flexibility index (Phi) is 4.62. The lowest BCUT2D eigenvalue weighted by atomic mass is 9.96. The zero-order valence-corrected chi connectivity index (χ0v) is 15.0. The topological polar surface area (TPSA) is 54.1 Å². The molecule has 4 rings (SSSR count). The molecule has 4 nitrogen and oxygen atoms in total. The van der Waals surface area contributed by atoms with Gasteiger partial charge in [0, 0.05) is 22.7 Å². The lowest BCUT2D eigenvalue weighted by Gasteiger charge is -2.20. The fourth-order valence-corrected chi connectivity index (χ4v) is 3.30. The Morgan fingerprint density at radius 3 is 2.44 bits per heavy atom. The van der Waals surface area contributed by atoms with E-state index in [4.69, 9.17) is 4.74 Å². The van der Waals surface area contributed by atoms with Crippen molar-refractivity contribution >= 4 is 22.4 Å². The molecule has 0 fully saturated rings. The maximum atomic E-state index is 13.5. The molecule has 0 saturated carbocycles. The van der Waals surface area contributed by atoms with Crippen molar-refractivity contribution in [2.24, 2.45) is 0 Å². The van der Waals surface area contributed by atoms with Crippen molar-refractivity contribution in [3.63, 3.8) is 0 Å². The molecule has 1 aromatic heterocycles. The van der Waals surface area contributed by atoms with Crippen molar-refractivity contribution in [2.45, 2.75) is 6.04 Å². The molecule has 3 aromatic carbocycles. The number of para-hydroxylation sites is 3. The van der Waals surface area contributed by atoms with Gasteiger partial charge in [-0.2, -0.15) is 0 Å². The monoisotopic (exact) mass is 356 g/mol. The third-order valence-corrected chi connectivity index (χ3v) is 4.66. The van der Waals surface area contributed by atoms with Crippen LogP contribution in [0.25, 0.3) is 10.9 Å². The second-order valence-electron chi connectivity index (χ2n) is 6.30. The molecule has 0 radical (unpaired) electrons. The molecule has 0 bridgehead atoms. The smallest absolute Gasteiger partial charge is 0.191 e. The summed E-state index contributed by atoms with van der Waals surface area (Å²) in [6, 6.07) is 24.7. The molecule has 1 unspecified atom stereocenters. The zero-order chi connectivity index (χ0) is 18.6. The third-order valence-electron chi connectivity index (χ3n) is 4.66. The number of Topliss-reactive ketones (excluding diaryl/α,β-unsaturated/α-hetero) is 1. The Hall–Kier alpha value is -3.53. The first-order valence-corrected chi connectivity index (χ1v) is 8.83. The molecule has 1 heterocycles. The third kappa shape index (κ3) is 3.29. The number of nitrogens with one attached hydrogen (secondary N) is 2. The standard InChI is InChI=1S/C23H20N2O2/c1-27-21-14-8-7-13-20(21)25-22(16-9-3-2-4-10-16)23(26)18-15-24-19-12-6-5-11-17(18)19/h2-15,22,24-25H,1H3. The van der Waals surface area contributed by atoms with Crippen molar-refractivity contribution in [3.8, 4) is 5.75 Å². The van der Waals surface area contributed by atoms with Crippen LogP contribution in [0, 0.1) is 0 Å². The molecule has 2 N–H and O–H groups in total. The van der Waals surface area contributed by atoms with Crippen LogP contribution in [-0.2, 0) is 0 Å². The van der Waals surface area contributed by atoms with E-state index in [1.807, 2.05) is 78.9 Å². The molecule has 134 valence electrons. The van der Waals surface area contributed by atoms with Gasteiger partial charge in [-0.25, -0.2) is 0 Å². The van der Waals surface area contributed by atoms with E-state index in [9.17, 15) is 4.79 Å². The highest BCUT2D eigenvalue weighted by Crippen LogP contribution is 2.31. The number of fused-ring (bicyclic) bond motifs is 1. The van der Waals surface area contributed by atoms with Crippen LogP contribution in [0.15, 0.2) is 85.1 Å². The SMILES string of the molecule is COc1ccccc1NC(C(=O)c1c[nH]c2ccccc12)c1ccccc1. The molecule has 0 aliphatic rings. The van der Waals surface area contributed by atoms with Gasteiger partial charge in [0.15, 0.2) is 5.78 Å². The van der Waals surface area contributed by atoms with Gasteiger partial charge in [-0.1, -0.05) is 60.7 Å². The van der Waals surface area contributed by atoms with Gasteiger partial charge in [0.2, 0.25) is 0 Å². The highest BCUT2D eigenvalue weighted by molar-refractivity contribution is 6.11. The summed E-state index contributed by atoms with van der Waals surface area (Å²) in [7, 11) is 1.62. The second-order valence-corrected chi connectivity index (χ2v) is 6.30. The molecule has 4 aromatic rings. The lowest BCUT2D eigenvalue weighted by Crippen LogP contribution is -2.21. The predicted octanol–water partition coefficient (Wildman–Crippen LogP) is 5.21. The Bertz CT molecular complexity index is 1070. The number of carbonyl (C=O) groups excluding carboxylic acids is 1. The fourth-order valence-electron chi connectivity index (χ4n) is 3.30. The highest BCUT2D eigenvalue weighted by Gasteiger charge is 2.25. The molecular formula is C23H20N2O2. The molecule has 0 aliphatic heterocycles. The fraction of sp³-hybridized carbons (Fsp3) is 0.0870. The Morgan fingerprint density at radius 1 is 0.926 bits per heavy atom. The largest absolute Gasteiger partial charge is 0.495 e. The zero-order valence-electron chi connectivity index (χ0n) is 15.0. The van der Waals surface area contributed by atoms with Crippen LogP contribution >= 0.6 is 0 Å². The summed E-state index contributed by atoms with van der Waals surface area (Å²) in [6.07, 6.45) is 1.78. The number of aromatic amines is 1. The molecule has 1 atom stereocenters. The number of H-pyrrole nitrogens is 1. The minimum Gasteiger partial charge on any atom is -0.495 e. The maximum Gasteiger partial charge on any atom is 0.191 e. The van der Waals surface area contributed by atoms with Crippen LogP contribution in [0.1, 0.15) is 22.0 Å². The molecule has 0 aliphatic carbocycles. The van der Waals surface area contributed by atoms with E-state index in [0.717, 1.165) is 22.2 Å². The molecule has 4 heteroatoms. The number of carbonyl (C=O) groups is 1. The summed E-state index contributed by atoms with van der Waals surface area (Å²) in [5.74, 6) is 0.703. The van der Waals surface area contributed by atoms with Gasteiger partial charge in [-0.05, 0) is 23.8 Å². The normalized spacial score (nSPS) is 11.9. The summed E-state index contributed by atoms with van der Waals surface area (Å²) < 4.78 is 5.44. The molecule has 0 spiro atoms. The van der Waals surface area contributed by atoms with Crippen molar-refractivity contribution < 1.29 is 9.53 Å². The summed E-state index contributed by atoms with van der Waals surface area (Å²) >= 11 is 0. The first-order chi connectivity index (χ1) is 13.3. The second kappa shape index (κ2) is 7.38. The van der Waals surface area contributed by atoms with Crippen LogP contribution in [0.5, 0.6) is 5.75 Å². The number of hydrogen-bond acceptors (Lipinski definition) is 3. The minimum atomic E-state index is -0.526. The molecular weight excluding hydrogens is 336 g/mol. The Labute approximate surface area is 157 Å². The lowest BCUT2D eigenvalue weighted by molar-refractivity contribution is 0.0971. The number of rotatable bonds is 6. The first kappa shape index (κ1) is 16.9. The van der Waals surface area contributed by atoms with E-state index < -0.39 is 6.04 Å². The van der Waals surface area contributed by atoms with Gasteiger partial charge in [0.1, 0.15) is 11.8 Å². The maximum absolute atomic E-state index is 13.5. The average Bonchev–Trinajstić information content (AvgIpc) is 3.16.